The van der Waals surface area contributed by atoms with Gasteiger partial charge in [-0.25, -0.2) is 4.79 Å². The standard InChI is InChI=1S/C12H18O3/c1-8-10(12(13)14)7-11(15-8)9-5-3-2-4-6-9/h9,11H,2-7H2,1H3,(H,13,14). The summed E-state index contributed by atoms with van der Waals surface area (Å²) >= 11 is 0. The van der Waals surface area contributed by atoms with Crippen molar-refractivity contribution < 1.29 is 14.6 Å². The van der Waals surface area contributed by atoms with Crippen molar-refractivity contribution >= 4 is 5.97 Å². The first kappa shape index (κ1) is 10.5. The number of hydrogen-bond acceptors (Lipinski definition) is 2. The van der Waals surface area contributed by atoms with Crippen LogP contribution in [0.5, 0.6) is 0 Å². The van der Waals surface area contributed by atoms with Gasteiger partial charge in [0.05, 0.1) is 5.57 Å². The van der Waals surface area contributed by atoms with Crippen LogP contribution in [0.25, 0.3) is 0 Å². The Morgan fingerprint density at radius 1 is 1.33 bits per heavy atom. The Labute approximate surface area is 90.1 Å². The van der Waals surface area contributed by atoms with Gasteiger partial charge in [-0.1, -0.05) is 19.3 Å². The molecule has 0 saturated heterocycles. The van der Waals surface area contributed by atoms with E-state index in [0.717, 1.165) is 0 Å². The molecule has 1 N–H and O–H groups in total. The topological polar surface area (TPSA) is 46.5 Å². The maximum absolute atomic E-state index is 10.9. The Bertz CT molecular complexity index is 287. The molecule has 84 valence electrons. The van der Waals surface area contributed by atoms with Gasteiger partial charge in [0.2, 0.25) is 0 Å². The summed E-state index contributed by atoms with van der Waals surface area (Å²) in [6.07, 6.45) is 7.00. The number of carbonyl (C=O) groups is 1. The van der Waals surface area contributed by atoms with E-state index in [4.69, 9.17) is 9.84 Å². The number of rotatable bonds is 2. The van der Waals surface area contributed by atoms with E-state index in [9.17, 15) is 4.79 Å². The van der Waals surface area contributed by atoms with Crippen LogP contribution < -0.4 is 0 Å². The van der Waals surface area contributed by atoms with Crippen LogP contribution in [-0.2, 0) is 9.53 Å². The Morgan fingerprint density at radius 2 is 2.00 bits per heavy atom. The summed E-state index contributed by atoms with van der Waals surface area (Å²) in [5.41, 5.74) is 0.477. The quantitative estimate of drug-likeness (QED) is 0.762. The fourth-order valence-electron chi connectivity index (χ4n) is 2.69. The van der Waals surface area contributed by atoms with E-state index < -0.39 is 5.97 Å². The lowest BCUT2D eigenvalue weighted by molar-refractivity contribution is -0.132. The second-order valence-electron chi connectivity index (χ2n) is 4.60. The molecule has 2 aliphatic rings. The van der Waals surface area contributed by atoms with Gasteiger partial charge in [-0.2, -0.15) is 0 Å². The molecule has 0 amide bonds. The highest BCUT2D eigenvalue weighted by molar-refractivity contribution is 5.87. The van der Waals surface area contributed by atoms with Gasteiger partial charge in [-0.15, -0.1) is 0 Å². The highest BCUT2D eigenvalue weighted by Gasteiger charge is 2.33. The molecule has 15 heavy (non-hydrogen) atoms. The number of carboxylic acid groups (broad SMARTS) is 1. The summed E-state index contributed by atoms with van der Waals surface area (Å²) in [5, 5.41) is 8.96. The van der Waals surface area contributed by atoms with Crippen molar-refractivity contribution in [3.63, 3.8) is 0 Å². The van der Waals surface area contributed by atoms with Crippen molar-refractivity contribution in [2.24, 2.45) is 5.92 Å². The summed E-state index contributed by atoms with van der Waals surface area (Å²) in [7, 11) is 0. The molecular weight excluding hydrogens is 192 g/mol. The van der Waals surface area contributed by atoms with Crippen molar-refractivity contribution in [2.45, 2.75) is 51.6 Å². The van der Waals surface area contributed by atoms with Crippen LogP contribution in [0.4, 0.5) is 0 Å². The third-order valence-corrected chi connectivity index (χ3v) is 3.59. The molecule has 1 aliphatic carbocycles. The first-order valence-corrected chi connectivity index (χ1v) is 5.78. The van der Waals surface area contributed by atoms with Gasteiger partial charge >= 0.3 is 5.97 Å². The Morgan fingerprint density at radius 3 is 2.53 bits per heavy atom. The smallest absolute Gasteiger partial charge is 0.335 e. The largest absolute Gasteiger partial charge is 0.494 e. The van der Waals surface area contributed by atoms with Gasteiger partial charge < -0.3 is 9.84 Å². The van der Waals surface area contributed by atoms with Crippen LogP contribution in [0, 0.1) is 5.92 Å². The highest BCUT2D eigenvalue weighted by Crippen LogP contribution is 2.36. The lowest BCUT2D eigenvalue weighted by Crippen LogP contribution is -2.23. The summed E-state index contributed by atoms with van der Waals surface area (Å²) in [5.74, 6) is 0.384. The molecule has 1 unspecified atom stereocenters. The number of allylic oxidation sites excluding steroid dienone is 1. The monoisotopic (exact) mass is 210 g/mol. The summed E-state index contributed by atoms with van der Waals surface area (Å²) in [4.78, 5) is 10.9. The van der Waals surface area contributed by atoms with Crippen LogP contribution in [0.2, 0.25) is 0 Å². The molecule has 1 aliphatic heterocycles. The van der Waals surface area contributed by atoms with Crippen molar-refractivity contribution in [2.75, 3.05) is 0 Å². The number of carboxylic acids is 1. The van der Waals surface area contributed by atoms with E-state index in [2.05, 4.69) is 0 Å². The van der Waals surface area contributed by atoms with Crippen molar-refractivity contribution in [3.8, 4) is 0 Å². The van der Waals surface area contributed by atoms with E-state index in [1.165, 1.54) is 32.1 Å². The maximum atomic E-state index is 10.9. The fourth-order valence-corrected chi connectivity index (χ4v) is 2.69. The molecule has 0 aromatic heterocycles. The van der Waals surface area contributed by atoms with Crippen LogP contribution in [0.15, 0.2) is 11.3 Å². The maximum Gasteiger partial charge on any atom is 0.335 e. The van der Waals surface area contributed by atoms with Crippen molar-refractivity contribution in [3.05, 3.63) is 11.3 Å². The minimum atomic E-state index is -0.814. The summed E-state index contributed by atoms with van der Waals surface area (Å²) < 4.78 is 5.67. The van der Waals surface area contributed by atoms with E-state index in [0.29, 0.717) is 23.7 Å². The van der Waals surface area contributed by atoms with Gasteiger partial charge in [0.25, 0.3) is 0 Å². The van der Waals surface area contributed by atoms with Gasteiger partial charge in [0.1, 0.15) is 11.9 Å². The van der Waals surface area contributed by atoms with Gasteiger partial charge in [-0.3, -0.25) is 0 Å². The SMILES string of the molecule is CC1=C(C(=O)O)CC(C2CCCCC2)O1. The molecular formula is C12H18O3. The molecule has 1 saturated carbocycles. The average Bonchev–Trinajstić information content (AvgIpc) is 2.62. The highest BCUT2D eigenvalue weighted by atomic mass is 16.5. The third kappa shape index (κ3) is 2.16. The Balaban J connectivity index is 1.96. The minimum Gasteiger partial charge on any atom is -0.494 e. The number of hydrogen-bond donors (Lipinski definition) is 1. The molecule has 1 atom stereocenters. The minimum absolute atomic E-state index is 0.136. The van der Waals surface area contributed by atoms with Crippen molar-refractivity contribution in [1.29, 1.82) is 0 Å². The van der Waals surface area contributed by atoms with Crippen LogP contribution >= 0.6 is 0 Å². The number of ether oxygens (including phenoxy) is 1. The lowest BCUT2D eigenvalue weighted by Gasteiger charge is -2.27. The molecule has 1 fully saturated rings. The second kappa shape index (κ2) is 4.25. The molecule has 0 aromatic carbocycles. The van der Waals surface area contributed by atoms with Crippen LogP contribution in [0.3, 0.4) is 0 Å². The molecule has 0 aromatic rings. The first-order chi connectivity index (χ1) is 7.18. The van der Waals surface area contributed by atoms with E-state index >= 15 is 0 Å². The van der Waals surface area contributed by atoms with E-state index in [-0.39, 0.29) is 6.10 Å². The zero-order valence-electron chi connectivity index (χ0n) is 9.16. The first-order valence-electron chi connectivity index (χ1n) is 5.78. The van der Waals surface area contributed by atoms with Crippen LogP contribution in [-0.4, -0.2) is 17.2 Å². The fraction of sp³-hybridized carbons (Fsp3) is 0.750. The van der Waals surface area contributed by atoms with Crippen LogP contribution in [0.1, 0.15) is 45.4 Å². The molecule has 0 radical (unpaired) electrons. The Hall–Kier alpha value is -0.990. The van der Waals surface area contributed by atoms with Crippen molar-refractivity contribution in [1.82, 2.24) is 0 Å². The molecule has 3 nitrogen and oxygen atoms in total. The Kier molecular flexibility index (Phi) is 2.98. The van der Waals surface area contributed by atoms with Gasteiger partial charge in [0.15, 0.2) is 0 Å². The summed E-state index contributed by atoms with van der Waals surface area (Å²) in [6, 6.07) is 0. The molecule has 3 heteroatoms. The van der Waals surface area contributed by atoms with Gasteiger partial charge in [0, 0.05) is 6.42 Å². The zero-order valence-corrected chi connectivity index (χ0v) is 9.16. The molecule has 0 bridgehead atoms. The third-order valence-electron chi connectivity index (χ3n) is 3.59. The van der Waals surface area contributed by atoms with Gasteiger partial charge in [-0.05, 0) is 25.7 Å². The average molecular weight is 210 g/mol. The normalized spacial score (nSPS) is 27.9. The molecule has 1 heterocycles. The predicted molar refractivity (Wildman–Crippen MR) is 56.4 cm³/mol. The number of aliphatic carboxylic acids is 1. The lowest BCUT2D eigenvalue weighted by atomic mass is 9.84. The summed E-state index contributed by atoms with van der Waals surface area (Å²) in [6.45, 7) is 1.77. The molecule has 2 rings (SSSR count). The van der Waals surface area contributed by atoms with E-state index in [1.54, 1.807) is 6.92 Å². The molecule has 0 spiro atoms. The predicted octanol–water partition coefficient (Wildman–Crippen LogP) is 2.71. The van der Waals surface area contributed by atoms with E-state index in [1.807, 2.05) is 0 Å². The second-order valence-corrected chi connectivity index (χ2v) is 4.60. The zero-order chi connectivity index (χ0) is 10.8.